The summed E-state index contributed by atoms with van der Waals surface area (Å²) in [5.74, 6) is 2.55. The number of carboxylic acids is 1. The lowest BCUT2D eigenvalue weighted by Gasteiger charge is -2.27. The van der Waals surface area contributed by atoms with Crippen molar-refractivity contribution in [2.75, 3.05) is 29.5 Å². The largest absolute Gasteiger partial charge is 0.481 e. The van der Waals surface area contributed by atoms with Crippen molar-refractivity contribution in [2.24, 2.45) is 0 Å². The summed E-state index contributed by atoms with van der Waals surface area (Å²) in [6.07, 6.45) is 2.51. The highest BCUT2D eigenvalue weighted by molar-refractivity contribution is 7.99. The van der Waals surface area contributed by atoms with Gasteiger partial charge in [-0.1, -0.05) is 6.07 Å². The Balaban J connectivity index is 1.94. The molecule has 1 saturated heterocycles. The first-order chi connectivity index (χ1) is 8.25. The fraction of sp³-hybridized carbons (Fsp3) is 0.500. The smallest absolute Gasteiger partial charge is 0.303 e. The average molecular weight is 252 g/mol. The first-order valence-electron chi connectivity index (χ1n) is 5.75. The van der Waals surface area contributed by atoms with Crippen LogP contribution >= 0.6 is 11.8 Å². The van der Waals surface area contributed by atoms with E-state index in [9.17, 15) is 4.79 Å². The number of nitrogens with zero attached hydrogens (tertiary/aromatic N) is 2. The summed E-state index contributed by atoms with van der Waals surface area (Å²) < 4.78 is 0. The molecule has 1 fully saturated rings. The van der Waals surface area contributed by atoms with Gasteiger partial charge in [-0.2, -0.15) is 11.8 Å². The van der Waals surface area contributed by atoms with Crippen LogP contribution in [0.4, 0.5) is 5.82 Å². The summed E-state index contributed by atoms with van der Waals surface area (Å²) in [6, 6.07) is 3.97. The van der Waals surface area contributed by atoms with Gasteiger partial charge in [0.15, 0.2) is 0 Å². The molecular formula is C12H16N2O2S. The molecular weight excluding hydrogens is 236 g/mol. The van der Waals surface area contributed by atoms with Crippen LogP contribution in [0.1, 0.15) is 12.0 Å². The number of carbonyl (C=O) groups is 1. The Morgan fingerprint density at radius 1 is 1.41 bits per heavy atom. The molecule has 4 nitrogen and oxygen atoms in total. The fourth-order valence-corrected chi connectivity index (χ4v) is 2.70. The van der Waals surface area contributed by atoms with Crippen molar-refractivity contribution in [1.82, 2.24) is 4.98 Å². The zero-order valence-electron chi connectivity index (χ0n) is 9.63. The van der Waals surface area contributed by atoms with Gasteiger partial charge in [0.25, 0.3) is 0 Å². The van der Waals surface area contributed by atoms with E-state index in [1.807, 2.05) is 23.9 Å². The Hall–Kier alpha value is -1.23. The molecule has 0 saturated carbocycles. The van der Waals surface area contributed by atoms with Gasteiger partial charge in [0.05, 0.1) is 0 Å². The van der Waals surface area contributed by atoms with Gasteiger partial charge in [0, 0.05) is 37.2 Å². The van der Waals surface area contributed by atoms with E-state index >= 15 is 0 Å². The average Bonchev–Trinajstić information content (AvgIpc) is 2.38. The number of aryl methyl sites for hydroxylation is 1. The summed E-state index contributed by atoms with van der Waals surface area (Å²) in [5, 5.41) is 8.60. The van der Waals surface area contributed by atoms with Crippen molar-refractivity contribution in [2.45, 2.75) is 12.8 Å². The second-order valence-corrected chi connectivity index (χ2v) is 5.24. The molecule has 0 aliphatic carbocycles. The third kappa shape index (κ3) is 3.63. The third-order valence-corrected chi connectivity index (χ3v) is 3.71. The molecule has 0 radical (unpaired) electrons. The molecule has 0 unspecified atom stereocenters. The summed E-state index contributed by atoms with van der Waals surface area (Å²) in [5.41, 5.74) is 0.988. The van der Waals surface area contributed by atoms with Crippen molar-refractivity contribution in [3.05, 3.63) is 23.9 Å². The highest BCUT2D eigenvalue weighted by Crippen LogP contribution is 2.17. The van der Waals surface area contributed by atoms with Crippen molar-refractivity contribution < 1.29 is 9.90 Å². The van der Waals surface area contributed by atoms with E-state index in [1.54, 1.807) is 6.20 Å². The van der Waals surface area contributed by atoms with Crippen molar-refractivity contribution in [1.29, 1.82) is 0 Å². The highest BCUT2D eigenvalue weighted by Gasteiger charge is 2.11. The Morgan fingerprint density at radius 3 is 2.76 bits per heavy atom. The van der Waals surface area contributed by atoms with Crippen molar-refractivity contribution in [3.63, 3.8) is 0 Å². The molecule has 0 spiro atoms. The minimum atomic E-state index is -0.762. The normalized spacial score (nSPS) is 15.9. The molecule has 1 aliphatic heterocycles. The maximum Gasteiger partial charge on any atom is 0.303 e. The Kier molecular flexibility index (Phi) is 4.25. The summed E-state index contributed by atoms with van der Waals surface area (Å²) in [6.45, 7) is 2.10. The number of thioether (sulfide) groups is 1. The molecule has 1 aromatic heterocycles. The molecule has 0 bridgehead atoms. The van der Waals surface area contributed by atoms with E-state index in [0.29, 0.717) is 6.42 Å². The Morgan fingerprint density at radius 2 is 2.18 bits per heavy atom. The van der Waals surface area contributed by atoms with Gasteiger partial charge in [-0.3, -0.25) is 4.79 Å². The molecule has 0 atom stereocenters. The molecule has 0 aromatic carbocycles. The van der Waals surface area contributed by atoms with Gasteiger partial charge in [0.2, 0.25) is 0 Å². The van der Waals surface area contributed by atoms with Crippen LogP contribution in [0.2, 0.25) is 0 Å². The second-order valence-electron chi connectivity index (χ2n) is 4.02. The maximum absolute atomic E-state index is 10.5. The first kappa shape index (κ1) is 12.2. The molecule has 0 amide bonds. The lowest BCUT2D eigenvalue weighted by atomic mass is 10.1. The number of hydrogen-bond donors (Lipinski definition) is 1. The predicted octanol–water partition coefficient (Wildman–Crippen LogP) is 1.65. The topological polar surface area (TPSA) is 53.4 Å². The van der Waals surface area contributed by atoms with Crippen molar-refractivity contribution >= 4 is 23.5 Å². The molecule has 1 aliphatic rings. The van der Waals surface area contributed by atoms with Gasteiger partial charge in [-0.25, -0.2) is 4.98 Å². The van der Waals surface area contributed by atoms with Crippen LogP contribution in [0.15, 0.2) is 18.3 Å². The quantitative estimate of drug-likeness (QED) is 0.883. The molecule has 92 valence electrons. The van der Waals surface area contributed by atoms with Crippen LogP contribution in [0.3, 0.4) is 0 Å². The SMILES string of the molecule is O=C(O)CCc1ccc(N2CCSCC2)nc1. The number of anilines is 1. The monoisotopic (exact) mass is 252 g/mol. The summed E-state index contributed by atoms with van der Waals surface area (Å²) >= 11 is 1.97. The Bertz CT molecular complexity index is 375. The third-order valence-electron chi connectivity index (χ3n) is 2.77. The van der Waals surface area contributed by atoms with E-state index in [4.69, 9.17) is 5.11 Å². The van der Waals surface area contributed by atoms with Gasteiger partial charge in [-0.15, -0.1) is 0 Å². The van der Waals surface area contributed by atoms with Gasteiger partial charge < -0.3 is 10.0 Å². The summed E-state index contributed by atoms with van der Waals surface area (Å²) in [4.78, 5) is 17.1. The molecule has 5 heteroatoms. The number of aromatic nitrogens is 1. The van der Waals surface area contributed by atoms with Crippen LogP contribution in [0.5, 0.6) is 0 Å². The minimum absolute atomic E-state index is 0.168. The molecule has 2 rings (SSSR count). The zero-order valence-corrected chi connectivity index (χ0v) is 10.4. The second kappa shape index (κ2) is 5.91. The molecule has 1 aromatic rings. The zero-order chi connectivity index (χ0) is 12.1. The number of pyridine rings is 1. The molecule has 1 N–H and O–H groups in total. The standard InChI is InChI=1S/C12H16N2O2S/c15-12(16)4-2-10-1-3-11(13-9-10)14-5-7-17-8-6-14/h1,3,9H,2,4-8H2,(H,15,16). The van der Waals surface area contributed by atoms with Crippen molar-refractivity contribution in [3.8, 4) is 0 Å². The van der Waals surface area contributed by atoms with E-state index in [0.717, 1.165) is 36.0 Å². The summed E-state index contributed by atoms with van der Waals surface area (Å²) in [7, 11) is 0. The lowest BCUT2D eigenvalue weighted by Crippen LogP contribution is -2.33. The molecule has 2 heterocycles. The fourth-order valence-electron chi connectivity index (χ4n) is 1.80. The van der Waals surface area contributed by atoms with Crippen LogP contribution in [0, 0.1) is 0 Å². The lowest BCUT2D eigenvalue weighted by molar-refractivity contribution is -0.136. The Labute approximate surface area is 105 Å². The predicted molar refractivity (Wildman–Crippen MR) is 69.7 cm³/mol. The van der Waals surface area contributed by atoms with Crippen LogP contribution in [0.25, 0.3) is 0 Å². The maximum atomic E-state index is 10.5. The number of hydrogen-bond acceptors (Lipinski definition) is 4. The first-order valence-corrected chi connectivity index (χ1v) is 6.90. The van der Waals surface area contributed by atoms with E-state index in [2.05, 4.69) is 9.88 Å². The van der Waals surface area contributed by atoms with Crippen LogP contribution in [-0.2, 0) is 11.2 Å². The van der Waals surface area contributed by atoms with Crippen LogP contribution in [-0.4, -0.2) is 40.7 Å². The number of carboxylic acid groups (broad SMARTS) is 1. The van der Waals surface area contributed by atoms with Gasteiger partial charge in [-0.05, 0) is 18.1 Å². The number of rotatable bonds is 4. The van der Waals surface area contributed by atoms with E-state index < -0.39 is 5.97 Å². The number of aliphatic carboxylic acids is 1. The van der Waals surface area contributed by atoms with Crippen LogP contribution < -0.4 is 4.90 Å². The van der Waals surface area contributed by atoms with E-state index in [1.165, 1.54) is 0 Å². The van der Waals surface area contributed by atoms with Gasteiger partial charge in [0.1, 0.15) is 5.82 Å². The van der Waals surface area contributed by atoms with E-state index in [-0.39, 0.29) is 6.42 Å². The highest BCUT2D eigenvalue weighted by atomic mass is 32.2. The van der Waals surface area contributed by atoms with Gasteiger partial charge >= 0.3 is 5.97 Å². The molecule has 17 heavy (non-hydrogen) atoms. The minimum Gasteiger partial charge on any atom is -0.481 e.